The van der Waals surface area contributed by atoms with Crippen LogP contribution in [-0.4, -0.2) is 57.8 Å². The minimum absolute atomic E-state index is 0.0124. The second kappa shape index (κ2) is 10.2. The number of hydrogen-bond acceptors (Lipinski definition) is 4. The first-order valence-corrected chi connectivity index (χ1v) is 12.6. The molecule has 3 aliphatic rings. The smallest absolute Gasteiger partial charge is 0.251 e. The number of likely N-dealkylation sites (tertiary alicyclic amines) is 2. The zero-order valence-electron chi connectivity index (χ0n) is 19.6. The predicted molar refractivity (Wildman–Crippen MR) is 123 cm³/mol. The fraction of sp³-hybridized carbons (Fsp3) is 0.760. The summed E-state index contributed by atoms with van der Waals surface area (Å²) in [6, 6.07) is 1.62. The first-order chi connectivity index (χ1) is 15.4. The average Bonchev–Trinajstić information content (AvgIpc) is 3.31. The molecule has 0 bridgehead atoms. The van der Waals surface area contributed by atoms with E-state index in [1.807, 2.05) is 23.6 Å². The van der Waals surface area contributed by atoms with Crippen LogP contribution in [0.4, 0.5) is 0 Å². The van der Waals surface area contributed by atoms with Gasteiger partial charge in [-0.25, -0.2) is 4.98 Å². The Bertz CT molecular complexity index is 866. The van der Waals surface area contributed by atoms with Crippen molar-refractivity contribution in [2.24, 2.45) is 11.8 Å². The molecule has 7 heteroatoms. The molecule has 1 N–H and O–H groups in total. The Kier molecular flexibility index (Phi) is 7.31. The Hall–Kier alpha value is -2.18. The predicted octanol–water partition coefficient (Wildman–Crippen LogP) is 3.42. The van der Waals surface area contributed by atoms with Crippen molar-refractivity contribution in [3.8, 4) is 0 Å². The molecule has 32 heavy (non-hydrogen) atoms. The van der Waals surface area contributed by atoms with Crippen LogP contribution in [0.2, 0.25) is 0 Å². The third-order valence-corrected chi connectivity index (χ3v) is 7.60. The van der Waals surface area contributed by atoms with Crippen molar-refractivity contribution in [3.63, 3.8) is 0 Å². The van der Waals surface area contributed by atoms with E-state index in [1.54, 1.807) is 6.07 Å². The zero-order chi connectivity index (χ0) is 22.7. The summed E-state index contributed by atoms with van der Waals surface area (Å²) in [5.41, 5.74) is 0.711. The summed E-state index contributed by atoms with van der Waals surface area (Å²) >= 11 is 0. The lowest BCUT2D eigenvalue weighted by molar-refractivity contribution is -0.135. The van der Waals surface area contributed by atoms with Crippen LogP contribution in [-0.2, 0) is 9.59 Å². The third-order valence-electron chi connectivity index (χ3n) is 7.60. The van der Waals surface area contributed by atoms with Crippen molar-refractivity contribution >= 4 is 11.8 Å². The van der Waals surface area contributed by atoms with E-state index in [2.05, 4.69) is 4.98 Å². The number of aromatic nitrogens is 2. The topological polar surface area (TPSA) is 86.4 Å². The van der Waals surface area contributed by atoms with Crippen molar-refractivity contribution in [2.75, 3.05) is 26.2 Å². The highest BCUT2D eigenvalue weighted by atomic mass is 16.2. The molecule has 2 amide bonds. The molecule has 1 aromatic rings. The molecular weight excluding hydrogens is 404 g/mol. The van der Waals surface area contributed by atoms with Gasteiger partial charge in [0.15, 0.2) is 0 Å². The largest absolute Gasteiger partial charge is 0.342 e. The van der Waals surface area contributed by atoms with Crippen LogP contribution in [0.25, 0.3) is 0 Å². The van der Waals surface area contributed by atoms with Gasteiger partial charge in [0, 0.05) is 56.4 Å². The van der Waals surface area contributed by atoms with E-state index in [1.165, 1.54) is 25.7 Å². The van der Waals surface area contributed by atoms with Gasteiger partial charge < -0.3 is 14.8 Å². The molecule has 0 radical (unpaired) electrons. The van der Waals surface area contributed by atoms with Crippen LogP contribution in [0.3, 0.4) is 0 Å². The summed E-state index contributed by atoms with van der Waals surface area (Å²) in [7, 11) is 0. The number of carbonyl (C=O) groups is 2. The Balaban J connectivity index is 1.40. The molecule has 2 aliphatic heterocycles. The van der Waals surface area contributed by atoms with Gasteiger partial charge in [-0.15, -0.1) is 0 Å². The van der Waals surface area contributed by atoms with Crippen LogP contribution in [0.5, 0.6) is 0 Å². The summed E-state index contributed by atoms with van der Waals surface area (Å²) in [6.45, 7) is 6.78. The molecule has 0 spiro atoms. The molecule has 1 aliphatic carbocycles. The minimum atomic E-state index is -0.111. The molecule has 2 saturated heterocycles. The average molecular weight is 443 g/mol. The van der Waals surface area contributed by atoms with E-state index >= 15 is 0 Å². The van der Waals surface area contributed by atoms with Crippen LogP contribution >= 0.6 is 0 Å². The molecule has 3 fully saturated rings. The monoisotopic (exact) mass is 442 g/mol. The quantitative estimate of drug-likeness (QED) is 0.757. The van der Waals surface area contributed by atoms with Gasteiger partial charge in [-0.1, -0.05) is 26.7 Å². The van der Waals surface area contributed by atoms with E-state index in [-0.39, 0.29) is 35.1 Å². The van der Waals surface area contributed by atoms with Crippen molar-refractivity contribution in [1.82, 2.24) is 19.8 Å². The van der Waals surface area contributed by atoms with Gasteiger partial charge in [-0.05, 0) is 44.4 Å². The highest BCUT2D eigenvalue weighted by molar-refractivity contribution is 5.78. The van der Waals surface area contributed by atoms with Gasteiger partial charge in [-0.2, -0.15) is 0 Å². The first-order valence-electron chi connectivity index (χ1n) is 12.6. The van der Waals surface area contributed by atoms with E-state index in [9.17, 15) is 14.4 Å². The van der Waals surface area contributed by atoms with Crippen LogP contribution < -0.4 is 5.56 Å². The summed E-state index contributed by atoms with van der Waals surface area (Å²) in [4.78, 5) is 49.4. The summed E-state index contributed by atoms with van der Waals surface area (Å²) < 4.78 is 0. The fourth-order valence-corrected chi connectivity index (χ4v) is 5.67. The molecule has 0 unspecified atom stereocenters. The van der Waals surface area contributed by atoms with Crippen molar-refractivity contribution in [2.45, 2.75) is 83.5 Å². The third kappa shape index (κ3) is 5.41. The van der Waals surface area contributed by atoms with E-state index in [0.717, 1.165) is 43.7 Å². The van der Waals surface area contributed by atoms with Gasteiger partial charge in [0.1, 0.15) is 5.82 Å². The van der Waals surface area contributed by atoms with E-state index in [4.69, 9.17) is 4.98 Å². The second-order valence-corrected chi connectivity index (χ2v) is 10.3. The second-order valence-electron chi connectivity index (χ2n) is 10.3. The maximum Gasteiger partial charge on any atom is 0.251 e. The SMILES string of the molecule is CC(C)C(=O)N1CCC(c2nc([C@H]3CCCN(C(=O)CC4CCCC4)C3)cc(=O)[nH]2)CC1. The number of H-pyrrole nitrogens is 1. The van der Waals surface area contributed by atoms with Gasteiger partial charge in [0.25, 0.3) is 5.56 Å². The van der Waals surface area contributed by atoms with Crippen molar-refractivity contribution in [1.29, 1.82) is 0 Å². The number of hydrogen-bond donors (Lipinski definition) is 1. The normalized spacial score (nSPS) is 23.2. The molecular formula is C25H38N4O3. The fourth-order valence-electron chi connectivity index (χ4n) is 5.67. The van der Waals surface area contributed by atoms with Gasteiger partial charge in [0.2, 0.25) is 11.8 Å². The van der Waals surface area contributed by atoms with Gasteiger partial charge in [0.05, 0.1) is 5.69 Å². The number of nitrogens with one attached hydrogen (secondary N) is 1. The number of piperidine rings is 2. The van der Waals surface area contributed by atoms with Crippen molar-refractivity contribution in [3.05, 3.63) is 27.9 Å². The standard InChI is InChI=1S/C25H38N4O3/c1-17(2)25(32)28-12-9-19(10-13-28)24-26-21(15-22(30)27-24)20-8-5-11-29(16-20)23(31)14-18-6-3-4-7-18/h15,17-20H,3-14,16H2,1-2H3,(H,26,27,30)/t20-/m0/s1. The Morgan fingerprint density at radius 3 is 2.41 bits per heavy atom. The molecule has 1 atom stereocenters. The first kappa shape index (κ1) is 23.0. The Morgan fingerprint density at radius 1 is 1.00 bits per heavy atom. The van der Waals surface area contributed by atoms with Gasteiger partial charge in [-0.3, -0.25) is 14.4 Å². The lowest BCUT2D eigenvalue weighted by Gasteiger charge is -2.34. The van der Waals surface area contributed by atoms with E-state index < -0.39 is 0 Å². The lowest BCUT2D eigenvalue weighted by Crippen LogP contribution is -2.41. The van der Waals surface area contributed by atoms with Crippen molar-refractivity contribution < 1.29 is 9.59 Å². The van der Waals surface area contributed by atoms with E-state index in [0.29, 0.717) is 32.0 Å². The molecule has 7 nitrogen and oxygen atoms in total. The summed E-state index contributed by atoms with van der Waals surface area (Å²) in [6.07, 6.45) is 9.12. The molecule has 4 rings (SSSR count). The summed E-state index contributed by atoms with van der Waals surface area (Å²) in [5, 5.41) is 0. The number of amides is 2. The maximum absolute atomic E-state index is 12.9. The number of aromatic amines is 1. The number of rotatable bonds is 5. The number of nitrogens with zero attached hydrogens (tertiary/aromatic N) is 3. The molecule has 1 aromatic heterocycles. The molecule has 3 heterocycles. The highest BCUT2D eigenvalue weighted by Crippen LogP contribution is 2.31. The van der Waals surface area contributed by atoms with Crippen LogP contribution in [0.15, 0.2) is 10.9 Å². The Labute approximate surface area is 191 Å². The zero-order valence-corrected chi connectivity index (χ0v) is 19.6. The Morgan fingerprint density at radius 2 is 1.72 bits per heavy atom. The molecule has 0 aromatic carbocycles. The highest BCUT2D eigenvalue weighted by Gasteiger charge is 2.30. The molecule has 1 saturated carbocycles. The molecule has 176 valence electrons. The van der Waals surface area contributed by atoms with Crippen LogP contribution in [0, 0.1) is 11.8 Å². The summed E-state index contributed by atoms with van der Waals surface area (Å²) in [5.74, 6) is 2.08. The number of carbonyl (C=O) groups excluding carboxylic acids is 2. The van der Waals surface area contributed by atoms with Gasteiger partial charge >= 0.3 is 0 Å². The minimum Gasteiger partial charge on any atom is -0.342 e. The lowest BCUT2D eigenvalue weighted by atomic mass is 9.92. The van der Waals surface area contributed by atoms with Crippen LogP contribution in [0.1, 0.15) is 95.0 Å². The maximum atomic E-state index is 12.9.